The first kappa shape index (κ1) is 12.5. The SMILES string of the molecule is Clc1ccc(C2(c3ccc(Cl)cc3)CC=NO2)cc1. The van der Waals surface area contributed by atoms with Crippen molar-refractivity contribution in [2.45, 2.75) is 12.0 Å². The van der Waals surface area contributed by atoms with Gasteiger partial charge in [0.1, 0.15) is 0 Å². The maximum Gasteiger partial charge on any atom is 0.192 e. The Kier molecular flexibility index (Phi) is 3.21. The van der Waals surface area contributed by atoms with Gasteiger partial charge in [0.25, 0.3) is 0 Å². The van der Waals surface area contributed by atoms with E-state index in [-0.39, 0.29) is 0 Å². The molecule has 4 heteroatoms. The average Bonchev–Trinajstić information content (AvgIpc) is 2.91. The van der Waals surface area contributed by atoms with Crippen molar-refractivity contribution in [2.75, 3.05) is 0 Å². The summed E-state index contributed by atoms with van der Waals surface area (Å²) in [6, 6.07) is 15.3. The highest BCUT2D eigenvalue weighted by Gasteiger charge is 2.39. The third-order valence-electron chi connectivity index (χ3n) is 3.28. The molecule has 0 aliphatic carbocycles. The molecular weight excluding hydrogens is 281 g/mol. The van der Waals surface area contributed by atoms with Crippen LogP contribution in [0.1, 0.15) is 17.5 Å². The van der Waals surface area contributed by atoms with E-state index < -0.39 is 5.60 Å². The van der Waals surface area contributed by atoms with Gasteiger partial charge in [0.15, 0.2) is 5.60 Å². The minimum atomic E-state index is -0.574. The third kappa shape index (κ3) is 2.22. The smallest absolute Gasteiger partial charge is 0.192 e. The van der Waals surface area contributed by atoms with E-state index in [1.165, 1.54) is 0 Å². The molecule has 1 aliphatic heterocycles. The van der Waals surface area contributed by atoms with Crippen LogP contribution in [0.25, 0.3) is 0 Å². The highest BCUT2D eigenvalue weighted by molar-refractivity contribution is 6.30. The van der Waals surface area contributed by atoms with Crippen molar-refractivity contribution in [3.63, 3.8) is 0 Å². The van der Waals surface area contributed by atoms with Crippen LogP contribution in [0.2, 0.25) is 10.0 Å². The first-order chi connectivity index (χ1) is 9.21. The van der Waals surface area contributed by atoms with Crippen LogP contribution in [-0.2, 0) is 10.4 Å². The Hall–Kier alpha value is -1.51. The second-order valence-electron chi connectivity index (χ2n) is 4.42. The van der Waals surface area contributed by atoms with Gasteiger partial charge in [-0.1, -0.05) is 52.6 Å². The van der Waals surface area contributed by atoms with Crippen LogP contribution >= 0.6 is 23.2 Å². The zero-order chi connectivity index (χ0) is 13.3. The number of rotatable bonds is 2. The molecule has 0 atom stereocenters. The molecule has 2 aromatic rings. The lowest BCUT2D eigenvalue weighted by atomic mass is 9.84. The van der Waals surface area contributed by atoms with Gasteiger partial charge in [-0.15, -0.1) is 0 Å². The molecule has 0 radical (unpaired) electrons. The van der Waals surface area contributed by atoms with Crippen molar-refractivity contribution in [3.8, 4) is 0 Å². The van der Waals surface area contributed by atoms with Gasteiger partial charge in [-0.25, -0.2) is 0 Å². The lowest BCUT2D eigenvalue weighted by Gasteiger charge is -2.27. The van der Waals surface area contributed by atoms with E-state index in [1.54, 1.807) is 6.21 Å². The lowest BCUT2D eigenvalue weighted by molar-refractivity contribution is 0.0112. The van der Waals surface area contributed by atoms with E-state index in [0.29, 0.717) is 16.5 Å². The molecular formula is C15H11Cl2NO. The van der Waals surface area contributed by atoms with Crippen LogP contribution in [0.5, 0.6) is 0 Å². The number of halogens is 2. The summed E-state index contributed by atoms with van der Waals surface area (Å²) in [5.74, 6) is 0. The maximum atomic E-state index is 5.94. The monoisotopic (exact) mass is 291 g/mol. The van der Waals surface area contributed by atoms with Gasteiger partial charge in [-0.3, -0.25) is 0 Å². The zero-order valence-electron chi connectivity index (χ0n) is 10.0. The Bertz CT molecular complexity index is 550. The van der Waals surface area contributed by atoms with E-state index in [9.17, 15) is 0 Å². The highest BCUT2D eigenvalue weighted by atomic mass is 35.5. The molecule has 2 nitrogen and oxygen atoms in total. The first-order valence-electron chi connectivity index (χ1n) is 5.93. The Morgan fingerprint density at radius 3 is 1.68 bits per heavy atom. The van der Waals surface area contributed by atoms with Gasteiger partial charge in [-0.05, 0) is 24.3 Å². The van der Waals surface area contributed by atoms with Crippen LogP contribution in [0.4, 0.5) is 0 Å². The van der Waals surface area contributed by atoms with E-state index in [1.807, 2.05) is 48.5 Å². The van der Waals surface area contributed by atoms with Crippen molar-refractivity contribution in [2.24, 2.45) is 5.16 Å². The Labute approximate surface area is 121 Å². The minimum Gasteiger partial charge on any atom is -0.379 e. The second kappa shape index (κ2) is 4.87. The summed E-state index contributed by atoms with van der Waals surface area (Å²) in [6.45, 7) is 0. The minimum absolute atomic E-state index is 0.574. The van der Waals surface area contributed by atoms with Crippen molar-refractivity contribution < 1.29 is 4.84 Å². The predicted octanol–water partition coefficient (Wildman–Crippen LogP) is 4.64. The topological polar surface area (TPSA) is 21.6 Å². The Balaban J connectivity index is 2.09. The number of hydrogen-bond acceptors (Lipinski definition) is 2. The van der Waals surface area contributed by atoms with Gasteiger partial charge in [0.05, 0.1) is 0 Å². The summed E-state index contributed by atoms with van der Waals surface area (Å²) in [5, 5.41) is 5.35. The molecule has 1 aliphatic rings. The molecule has 19 heavy (non-hydrogen) atoms. The van der Waals surface area contributed by atoms with E-state index in [2.05, 4.69) is 5.16 Å². The van der Waals surface area contributed by atoms with Gasteiger partial charge < -0.3 is 4.84 Å². The van der Waals surface area contributed by atoms with Crippen molar-refractivity contribution in [1.29, 1.82) is 0 Å². The average molecular weight is 292 g/mol. The van der Waals surface area contributed by atoms with Gasteiger partial charge >= 0.3 is 0 Å². The molecule has 0 spiro atoms. The van der Waals surface area contributed by atoms with E-state index in [0.717, 1.165) is 11.1 Å². The standard InChI is InChI=1S/C15H11Cl2NO/c16-13-5-1-11(2-6-13)15(9-10-18-19-15)12-3-7-14(17)8-4-12/h1-8,10H,9H2. The summed E-state index contributed by atoms with van der Waals surface area (Å²) in [4.78, 5) is 5.68. The second-order valence-corrected chi connectivity index (χ2v) is 5.30. The lowest BCUT2D eigenvalue weighted by Crippen LogP contribution is -2.26. The molecule has 0 saturated heterocycles. The largest absolute Gasteiger partial charge is 0.379 e. The van der Waals surface area contributed by atoms with Crippen molar-refractivity contribution >= 4 is 29.4 Å². The van der Waals surface area contributed by atoms with Crippen LogP contribution < -0.4 is 0 Å². The first-order valence-corrected chi connectivity index (χ1v) is 6.68. The number of nitrogens with zero attached hydrogens (tertiary/aromatic N) is 1. The van der Waals surface area contributed by atoms with Crippen LogP contribution in [0.15, 0.2) is 53.7 Å². The zero-order valence-corrected chi connectivity index (χ0v) is 11.5. The fourth-order valence-corrected chi connectivity index (χ4v) is 2.53. The highest BCUT2D eigenvalue weighted by Crippen LogP contribution is 2.40. The molecule has 1 heterocycles. The molecule has 0 unspecified atom stereocenters. The fourth-order valence-electron chi connectivity index (χ4n) is 2.28. The Morgan fingerprint density at radius 2 is 1.32 bits per heavy atom. The summed E-state index contributed by atoms with van der Waals surface area (Å²) in [7, 11) is 0. The van der Waals surface area contributed by atoms with Crippen LogP contribution in [-0.4, -0.2) is 6.21 Å². The molecule has 3 rings (SSSR count). The molecule has 0 aromatic heterocycles. The predicted molar refractivity (Wildman–Crippen MR) is 77.9 cm³/mol. The molecule has 0 bridgehead atoms. The molecule has 96 valence electrons. The van der Waals surface area contributed by atoms with Gasteiger partial charge in [0.2, 0.25) is 0 Å². The van der Waals surface area contributed by atoms with Crippen LogP contribution in [0.3, 0.4) is 0 Å². The van der Waals surface area contributed by atoms with Crippen molar-refractivity contribution in [3.05, 3.63) is 69.7 Å². The van der Waals surface area contributed by atoms with Crippen LogP contribution in [0, 0.1) is 0 Å². The fraction of sp³-hybridized carbons (Fsp3) is 0.133. The maximum absolute atomic E-state index is 5.94. The molecule has 2 aromatic carbocycles. The Morgan fingerprint density at radius 1 is 0.842 bits per heavy atom. The van der Waals surface area contributed by atoms with Gasteiger partial charge in [0, 0.05) is 33.8 Å². The molecule has 0 fully saturated rings. The van der Waals surface area contributed by atoms with E-state index in [4.69, 9.17) is 28.0 Å². The number of hydrogen-bond donors (Lipinski definition) is 0. The molecule has 0 amide bonds. The molecule has 0 saturated carbocycles. The van der Waals surface area contributed by atoms with Crippen molar-refractivity contribution in [1.82, 2.24) is 0 Å². The number of oxime groups is 1. The molecule has 0 N–H and O–H groups in total. The van der Waals surface area contributed by atoms with E-state index >= 15 is 0 Å². The summed E-state index contributed by atoms with van der Waals surface area (Å²) < 4.78 is 0. The summed E-state index contributed by atoms with van der Waals surface area (Å²) in [5.41, 5.74) is 1.48. The van der Waals surface area contributed by atoms with Gasteiger partial charge in [-0.2, -0.15) is 0 Å². The summed E-state index contributed by atoms with van der Waals surface area (Å²) in [6.07, 6.45) is 2.47. The number of benzene rings is 2. The normalized spacial score (nSPS) is 16.3. The summed E-state index contributed by atoms with van der Waals surface area (Å²) >= 11 is 11.9. The quantitative estimate of drug-likeness (QED) is 0.790. The third-order valence-corrected chi connectivity index (χ3v) is 3.79.